The lowest BCUT2D eigenvalue weighted by Gasteiger charge is -2.27. The van der Waals surface area contributed by atoms with Crippen molar-refractivity contribution in [2.45, 2.75) is 65.0 Å². The zero-order valence-corrected chi connectivity index (χ0v) is 10.5. The summed E-state index contributed by atoms with van der Waals surface area (Å²) in [7, 11) is 1.78. The number of methoxy groups -OCH3 is 1. The minimum atomic E-state index is -0.00280. The molecule has 0 aliphatic heterocycles. The second-order valence-corrected chi connectivity index (χ2v) is 4.73. The fourth-order valence-corrected chi connectivity index (χ4v) is 1.62. The molecule has 0 aromatic rings. The van der Waals surface area contributed by atoms with Gasteiger partial charge in [-0.3, -0.25) is 0 Å². The summed E-state index contributed by atoms with van der Waals surface area (Å²) in [5.41, 5.74) is -0.00280. The van der Waals surface area contributed by atoms with Gasteiger partial charge in [0, 0.05) is 13.2 Å². The highest BCUT2D eigenvalue weighted by Gasteiger charge is 2.19. The molecular weight excluding hydrogens is 174 g/mol. The molecule has 0 aromatic carbocycles. The second-order valence-electron chi connectivity index (χ2n) is 4.73. The van der Waals surface area contributed by atoms with Crippen LogP contribution in [0.3, 0.4) is 0 Å². The number of unbranched alkanes of at least 4 members (excludes halogenated alkanes) is 2. The van der Waals surface area contributed by atoms with Gasteiger partial charge in [0.15, 0.2) is 0 Å². The molecule has 0 rings (SSSR count). The molecule has 0 spiro atoms. The summed E-state index contributed by atoms with van der Waals surface area (Å²) < 4.78 is 5.40. The van der Waals surface area contributed by atoms with Crippen molar-refractivity contribution >= 4 is 0 Å². The summed E-state index contributed by atoms with van der Waals surface area (Å²) in [6.07, 6.45) is 4.97. The molecule has 0 aromatic heterocycles. The minimum absolute atomic E-state index is 0.00280. The van der Waals surface area contributed by atoms with Gasteiger partial charge in [-0.15, -0.1) is 0 Å². The first-order valence-electron chi connectivity index (χ1n) is 5.80. The molecule has 0 amide bonds. The molecule has 2 nitrogen and oxygen atoms in total. The Labute approximate surface area is 89.4 Å². The molecule has 0 fully saturated rings. The summed E-state index contributed by atoms with van der Waals surface area (Å²) in [6, 6.07) is 0.543. The predicted molar refractivity (Wildman–Crippen MR) is 62.7 cm³/mol. The third-order valence-corrected chi connectivity index (χ3v) is 2.62. The van der Waals surface area contributed by atoms with E-state index < -0.39 is 0 Å². The standard InChI is InChI=1S/C12H27NO/c1-6-7-8-9-13-11(2)10-12(3,4)14-5/h11,13H,6-10H2,1-5H3/t11-/m1/s1. The SMILES string of the molecule is CCCCCN[C@H](C)CC(C)(C)OC. The maximum absolute atomic E-state index is 5.40. The first kappa shape index (κ1) is 13.9. The Kier molecular flexibility index (Phi) is 7.20. The highest BCUT2D eigenvalue weighted by molar-refractivity contribution is 4.75. The van der Waals surface area contributed by atoms with Crippen LogP contribution in [0.25, 0.3) is 0 Å². The lowest BCUT2D eigenvalue weighted by molar-refractivity contribution is 0.00860. The number of hydrogen-bond donors (Lipinski definition) is 1. The Morgan fingerprint density at radius 2 is 1.93 bits per heavy atom. The van der Waals surface area contributed by atoms with Gasteiger partial charge in [-0.2, -0.15) is 0 Å². The Bertz CT molecular complexity index is 134. The van der Waals surface area contributed by atoms with Crippen LogP contribution in [0.5, 0.6) is 0 Å². The van der Waals surface area contributed by atoms with Crippen molar-refractivity contribution in [2.24, 2.45) is 0 Å². The summed E-state index contributed by atoms with van der Waals surface area (Å²) in [4.78, 5) is 0. The van der Waals surface area contributed by atoms with Crippen molar-refractivity contribution in [2.75, 3.05) is 13.7 Å². The highest BCUT2D eigenvalue weighted by atomic mass is 16.5. The lowest BCUT2D eigenvalue weighted by atomic mass is 10.00. The normalized spacial score (nSPS) is 14.4. The quantitative estimate of drug-likeness (QED) is 0.610. The van der Waals surface area contributed by atoms with Gasteiger partial charge in [0.1, 0.15) is 0 Å². The average Bonchev–Trinajstić information content (AvgIpc) is 2.12. The van der Waals surface area contributed by atoms with E-state index >= 15 is 0 Å². The van der Waals surface area contributed by atoms with E-state index in [4.69, 9.17) is 4.74 Å². The van der Waals surface area contributed by atoms with E-state index in [1.807, 2.05) is 0 Å². The van der Waals surface area contributed by atoms with Gasteiger partial charge in [-0.05, 0) is 40.2 Å². The molecule has 2 heteroatoms. The van der Waals surface area contributed by atoms with Crippen molar-refractivity contribution in [1.29, 1.82) is 0 Å². The fraction of sp³-hybridized carbons (Fsp3) is 1.00. The zero-order valence-electron chi connectivity index (χ0n) is 10.5. The molecule has 0 aliphatic carbocycles. The Morgan fingerprint density at radius 1 is 1.29 bits per heavy atom. The van der Waals surface area contributed by atoms with Crippen LogP contribution in [0.2, 0.25) is 0 Å². The molecule has 0 bridgehead atoms. The molecule has 0 aliphatic rings. The first-order valence-corrected chi connectivity index (χ1v) is 5.80. The van der Waals surface area contributed by atoms with Crippen molar-refractivity contribution in [3.8, 4) is 0 Å². The van der Waals surface area contributed by atoms with E-state index in [-0.39, 0.29) is 5.60 Å². The van der Waals surface area contributed by atoms with Crippen LogP contribution in [-0.4, -0.2) is 25.3 Å². The van der Waals surface area contributed by atoms with Gasteiger partial charge in [0.05, 0.1) is 5.60 Å². The van der Waals surface area contributed by atoms with Gasteiger partial charge in [-0.1, -0.05) is 19.8 Å². The van der Waals surface area contributed by atoms with Crippen molar-refractivity contribution in [3.05, 3.63) is 0 Å². The molecule has 0 unspecified atom stereocenters. The molecule has 0 saturated heterocycles. The molecule has 0 radical (unpaired) electrons. The van der Waals surface area contributed by atoms with Gasteiger partial charge in [0.2, 0.25) is 0 Å². The van der Waals surface area contributed by atoms with Gasteiger partial charge < -0.3 is 10.1 Å². The molecule has 0 heterocycles. The van der Waals surface area contributed by atoms with Crippen LogP contribution in [0.15, 0.2) is 0 Å². The third kappa shape index (κ3) is 7.34. The van der Waals surface area contributed by atoms with E-state index in [1.165, 1.54) is 19.3 Å². The highest BCUT2D eigenvalue weighted by Crippen LogP contribution is 2.15. The maximum Gasteiger partial charge on any atom is 0.0637 e. The predicted octanol–water partition coefficient (Wildman–Crippen LogP) is 2.97. The van der Waals surface area contributed by atoms with Crippen LogP contribution < -0.4 is 5.32 Å². The number of nitrogens with one attached hydrogen (secondary N) is 1. The number of rotatable bonds is 8. The maximum atomic E-state index is 5.40. The topological polar surface area (TPSA) is 21.3 Å². The zero-order chi connectivity index (χ0) is 11.0. The summed E-state index contributed by atoms with van der Waals surface area (Å²) >= 11 is 0. The summed E-state index contributed by atoms with van der Waals surface area (Å²) in [5, 5.41) is 3.53. The average molecular weight is 201 g/mol. The fourth-order valence-electron chi connectivity index (χ4n) is 1.62. The number of hydrogen-bond acceptors (Lipinski definition) is 2. The van der Waals surface area contributed by atoms with Gasteiger partial charge in [0.25, 0.3) is 0 Å². The van der Waals surface area contributed by atoms with Crippen LogP contribution in [0.4, 0.5) is 0 Å². The molecule has 1 N–H and O–H groups in total. The molecule has 14 heavy (non-hydrogen) atoms. The van der Waals surface area contributed by atoms with E-state index in [0.717, 1.165) is 13.0 Å². The van der Waals surface area contributed by atoms with Gasteiger partial charge in [-0.25, -0.2) is 0 Å². The molecule has 1 atom stereocenters. The van der Waals surface area contributed by atoms with Crippen molar-refractivity contribution < 1.29 is 4.74 Å². The minimum Gasteiger partial charge on any atom is -0.379 e. The Balaban J connectivity index is 3.49. The lowest BCUT2D eigenvalue weighted by Crippen LogP contribution is -2.36. The summed E-state index contributed by atoms with van der Waals surface area (Å²) in [6.45, 7) is 9.87. The first-order chi connectivity index (χ1) is 6.52. The van der Waals surface area contributed by atoms with Crippen LogP contribution >= 0.6 is 0 Å². The van der Waals surface area contributed by atoms with Crippen LogP contribution in [0, 0.1) is 0 Å². The third-order valence-electron chi connectivity index (χ3n) is 2.62. The van der Waals surface area contributed by atoms with E-state index in [2.05, 4.69) is 33.0 Å². The molecular formula is C12H27NO. The Morgan fingerprint density at radius 3 is 2.43 bits per heavy atom. The van der Waals surface area contributed by atoms with Crippen molar-refractivity contribution in [1.82, 2.24) is 5.32 Å². The second kappa shape index (κ2) is 7.24. The van der Waals surface area contributed by atoms with E-state index in [1.54, 1.807) is 7.11 Å². The summed E-state index contributed by atoms with van der Waals surface area (Å²) in [5.74, 6) is 0. The van der Waals surface area contributed by atoms with Gasteiger partial charge >= 0.3 is 0 Å². The van der Waals surface area contributed by atoms with E-state index in [9.17, 15) is 0 Å². The largest absolute Gasteiger partial charge is 0.379 e. The van der Waals surface area contributed by atoms with E-state index in [0.29, 0.717) is 6.04 Å². The monoisotopic (exact) mass is 201 g/mol. The Hall–Kier alpha value is -0.0800. The van der Waals surface area contributed by atoms with Crippen LogP contribution in [0.1, 0.15) is 53.4 Å². The number of ether oxygens (including phenoxy) is 1. The van der Waals surface area contributed by atoms with Crippen molar-refractivity contribution in [3.63, 3.8) is 0 Å². The molecule has 86 valence electrons. The molecule has 0 saturated carbocycles. The van der Waals surface area contributed by atoms with Crippen LogP contribution in [-0.2, 0) is 4.74 Å². The smallest absolute Gasteiger partial charge is 0.0637 e.